The molecule has 0 unspecified atom stereocenters. The number of alkyl halides is 3. The van der Waals surface area contributed by atoms with Crippen LogP contribution in [-0.2, 0) is 6.54 Å². The highest BCUT2D eigenvalue weighted by Crippen LogP contribution is 2.18. The third-order valence-corrected chi connectivity index (χ3v) is 1.92. The molecule has 1 aromatic rings. The molecule has 1 N–H and O–H groups in total. The minimum Gasteiger partial charge on any atom is -0.468 e. The van der Waals surface area contributed by atoms with Crippen LogP contribution in [0.25, 0.3) is 0 Å². The monoisotopic (exact) mass is 234 g/mol. The first-order valence-electron chi connectivity index (χ1n) is 4.73. The molecule has 0 atom stereocenters. The summed E-state index contributed by atoms with van der Waals surface area (Å²) in [5, 5.41) is 2.94. The fraction of sp³-hybridized carbons (Fsp3) is 0.500. The van der Waals surface area contributed by atoms with Gasteiger partial charge in [-0.2, -0.15) is 13.2 Å². The second-order valence-corrected chi connectivity index (χ2v) is 3.33. The summed E-state index contributed by atoms with van der Waals surface area (Å²) in [7, 11) is 1.79. The van der Waals surface area contributed by atoms with Gasteiger partial charge in [0.25, 0.3) is 0 Å². The van der Waals surface area contributed by atoms with E-state index in [2.05, 4.69) is 15.0 Å². The lowest BCUT2D eigenvalue weighted by Crippen LogP contribution is -2.20. The van der Waals surface area contributed by atoms with E-state index in [0.29, 0.717) is 12.2 Å². The van der Waals surface area contributed by atoms with Crippen LogP contribution in [0.15, 0.2) is 12.1 Å². The van der Waals surface area contributed by atoms with Crippen LogP contribution >= 0.6 is 0 Å². The molecule has 90 valence electrons. The fourth-order valence-corrected chi connectivity index (χ4v) is 1.18. The van der Waals surface area contributed by atoms with Crippen LogP contribution in [0.1, 0.15) is 11.3 Å². The molecule has 0 amide bonds. The van der Waals surface area contributed by atoms with Crippen molar-refractivity contribution in [3.8, 4) is 5.88 Å². The summed E-state index contributed by atoms with van der Waals surface area (Å²) >= 11 is 0. The largest absolute Gasteiger partial charge is 0.468 e. The van der Waals surface area contributed by atoms with Gasteiger partial charge in [-0.25, -0.2) is 4.98 Å². The first kappa shape index (κ1) is 12.8. The normalized spacial score (nSPS) is 11.6. The zero-order chi connectivity index (χ0) is 12.2. The Bertz CT molecular complexity index is 352. The van der Waals surface area contributed by atoms with Gasteiger partial charge in [0.15, 0.2) is 6.61 Å². The van der Waals surface area contributed by atoms with Gasteiger partial charge in [0.2, 0.25) is 5.88 Å². The highest BCUT2D eigenvalue weighted by atomic mass is 19.4. The average molecular weight is 234 g/mol. The lowest BCUT2D eigenvalue weighted by molar-refractivity contribution is -0.154. The Kier molecular flexibility index (Phi) is 4.12. The van der Waals surface area contributed by atoms with Gasteiger partial charge in [-0.15, -0.1) is 0 Å². The Hall–Kier alpha value is -1.30. The highest BCUT2D eigenvalue weighted by molar-refractivity contribution is 5.24. The molecule has 1 rings (SSSR count). The Balaban J connectivity index is 2.66. The van der Waals surface area contributed by atoms with E-state index in [0.717, 1.165) is 5.56 Å². The van der Waals surface area contributed by atoms with Gasteiger partial charge in [-0.3, -0.25) is 0 Å². The van der Waals surface area contributed by atoms with Crippen molar-refractivity contribution in [1.29, 1.82) is 0 Å². The van der Waals surface area contributed by atoms with Crippen LogP contribution in [-0.4, -0.2) is 24.8 Å². The van der Waals surface area contributed by atoms with Crippen molar-refractivity contribution in [2.45, 2.75) is 19.6 Å². The lowest BCUT2D eigenvalue weighted by atomic mass is 10.2. The maximum atomic E-state index is 11.9. The molecular weight excluding hydrogens is 221 g/mol. The molecule has 0 saturated carbocycles. The summed E-state index contributed by atoms with van der Waals surface area (Å²) in [6.07, 6.45) is -4.33. The van der Waals surface area contributed by atoms with E-state index in [1.165, 1.54) is 6.07 Å². The van der Waals surface area contributed by atoms with Crippen molar-refractivity contribution < 1.29 is 17.9 Å². The summed E-state index contributed by atoms with van der Waals surface area (Å²) in [5.41, 5.74) is 1.59. The molecule has 0 fully saturated rings. The van der Waals surface area contributed by atoms with Crippen molar-refractivity contribution >= 4 is 0 Å². The Labute approximate surface area is 91.6 Å². The third-order valence-electron chi connectivity index (χ3n) is 1.92. The van der Waals surface area contributed by atoms with Gasteiger partial charge in [-0.1, -0.05) is 6.07 Å². The molecule has 0 saturated heterocycles. The SMILES string of the molecule is CNCc1ccc(OCC(F)(F)F)nc1C. The fourth-order valence-electron chi connectivity index (χ4n) is 1.18. The van der Waals surface area contributed by atoms with Gasteiger partial charge in [0.1, 0.15) is 0 Å². The second-order valence-electron chi connectivity index (χ2n) is 3.33. The van der Waals surface area contributed by atoms with Gasteiger partial charge < -0.3 is 10.1 Å². The molecule has 1 heterocycles. The van der Waals surface area contributed by atoms with Crippen molar-refractivity contribution in [3.05, 3.63) is 23.4 Å². The molecule has 0 aliphatic carbocycles. The maximum Gasteiger partial charge on any atom is 0.422 e. The topological polar surface area (TPSA) is 34.1 Å². The molecule has 0 bridgehead atoms. The summed E-state index contributed by atoms with van der Waals surface area (Å²) < 4.78 is 40.2. The first-order chi connectivity index (χ1) is 7.42. The van der Waals surface area contributed by atoms with E-state index in [1.54, 1.807) is 20.0 Å². The molecule has 6 heteroatoms. The average Bonchev–Trinajstić information content (AvgIpc) is 2.18. The minimum absolute atomic E-state index is 0.00493. The lowest BCUT2D eigenvalue weighted by Gasteiger charge is -2.10. The molecule has 1 aromatic heterocycles. The summed E-state index contributed by atoms with van der Waals surface area (Å²) in [6, 6.07) is 3.13. The van der Waals surface area contributed by atoms with Crippen molar-refractivity contribution in [1.82, 2.24) is 10.3 Å². The van der Waals surface area contributed by atoms with Crippen LogP contribution in [0.4, 0.5) is 13.2 Å². The van der Waals surface area contributed by atoms with Crippen LogP contribution < -0.4 is 10.1 Å². The number of ether oxygens (including phenoxy) is 1. The first-order valence-corrected chi connectivity index (χ1v) is 4.73. The molecule has 0 spiro atoms. The van der Waals surface area contributed by atoms with Crippen molar-refractivity contribution in [2.24, 2.45) is 0 Å². The van der Waals surface area contributed by atoms with Crippen molar-refractivity contribution in [2.75, 3.05) is 13.7 Å². The molecule has 0 aromatic carbocycles. The van der Waals surface area contributed by atoms with Crippen molar-refractivity contribution in [3.63, 3.8) is 0 Å². The number of aryl methyl sites for hydroxylation is 1. The summed E-state index contributed by atoms with van der Waals surface area (Å²) in [5.74, 6) is -0.00493. The Morgan fingerprint density at radius 3 is 2.56 bits per heavy atom. The maximum absolute atomic E-state index is 11.9. The van der Waals surface area contributed by atoms with Crippen LogP contribution in [0.5, 0.6) is 5.88 Å². The number of rotatable bonds is 4. The molecular formula is C10H13F3N2O. The number of nitrogens with zero attached hydrogens (tertiary/aromatic N) is 1. The van der Waals surface area contributed by atoms with Gasteiger partial charge in [0, 0.05) is 18.3 Å². The molecule has 3 nitrogen and oxygen atoms in total. The van der Waals surface area contributed by atoms with E-state index in [-0.39, 0.29) is 5.88 Å². The molecule has 16 heavy (non-hydrogen) atoms. The number of nitrogens with one attached hydrogen (secondary N) is 1. The van der Waals surface area contributed by atoms with E-state index in [4.69, 9.17) is 0 Å². The van der Waals surface area contributed by atoms with Crippen LogP contribution in [0.2, 0.25) is 0 Å². The summed E-state index contributed by atoms with van der Waals surface area (Å²) in [6.45, 7) is 1.04. The Morgan fingerprint density at radius 2 is 2.06 bits per heavy atom. The number of hydrogen-bond donors (Lipinski definition) is 1. The molecule has 0 aliphatic rings. The predicted molar refractivity (Wildman–Crippen MR) is 53.3 cm³/mol. The van der Waals surface area contributed by atoms with E-state index in [9.17, 15) is 13.2 Å². The molecule has 0 radical (unpaired) electrons. The van der Waals surface area contributed by atoms with E-state index < -0.39 is 12.8 Å². The number of pyridine rings is 1. The Morgan fingerprint density at radius 1 is 1.38 bits per heavy atom. The van der Waals surface area contributed by atoms with Gasteiger partial charge >= 0.3 is 6.18 Å². The zero-order valence-corrected chi connectivity index (χ0v) is 9.06. The van der Waals surface area contributed by atoms with E-state index in [1.807, 2.05) is 0 Å². The smallest absolute Gasteiger partial charge is 0.422 e. The van der Waals surface area contributed by atoms with E-state index >= 15 is 0 Å². The number of halogens is 3. The summed E-state index contributed by atoms with van der Waals surface area (Å²) in [4.78, 5) is 3.93. The number of aromatic nitrogens is 1. The second kappa shape index (κ2) is 5.16. The standard InChI is InChI=1S/C10H13F3N2O/c1-7-8(5-14-2)3-4-9(15-7)16-6-10(11,12)13/h3-4,14H,5-6H2,1-2H3. The van der Waals surface area contributed by atoms with Gasteiger partial charge in [0.05, 0.1) is 0 Å². The molecule has 0 aliphatic heterocycles. The predicted octanol–water partition coefficient (Wildman–Crippen LogP) is 2.05. The van der Waals surface area contributed by atoms with Gasteiger partial charge in [-0.05, 0) is 19.5 Å². The quantitative estimate of drug-likeness (QED) is 0.865. The van der Waals surface area contributed by atoms with Crippen LogP contribution in [0.3, 0.4) is 0 Å². The van der Waals surface area contributed by atoms with Crippen LogP contribution in [0, 0.1) is 6.92 Å². The minimum atomic E-state index is -4.33. The highest BCUT2D eigenvalue weighted by Gasteiger charge is 2.28. The zero-order valence-electron chi connectivity index (χ0n) is 9.06. The third kappa shape index (κ3) is 4.06. The number of hydrogen-bond acceptors (Lipinski definition) is 3.